The molecule has 0 bridgehead atoms. The van der Waals surface area contributed by atoms with Gasteiger partial charge in [-0.15, -0.1) is 0 Å². The molecule has 0 amide bonds. The number of fused-ring (bicyclic) bond motifs is 1. The Kier molecular flexibility index (Phi) is 5.42. The van der Waals surface area contributed by atoms with E-state index in [4.69, 9.17) is 16.0 Å². The third-order valence-electron chi connectivity index (χ3n) is 4.52. The molecule has 0 aromatic carbocycles. The van der Waals surface area contributed by atoms with E-state index in [1.54, 1.807) is 6.20 Å². The standard InChI is InChI=1S/C16H24BrClN2OSi/c1-16(2,3)22(4,5)21-10-6-8-20-9-7-12-14(20)13(17)11-19-15(12)18/h7,9,11H,6,8,10H2,1-5H3. The molecule has 2 aromatic rings. The summed E-state index contributed by atoms with van der Waals surface area (Å²) in [7, 11) is -1.65. The lowest BCUT2D eigenvalue weighted by Gasteiger charge is -2.36. The van der Waals surface area contributed by atoms with Gasteiger partial charge in [0.2, 0.25) is 0 Å². The minimum atomic E-state index is -1.65. The summed E-state index contributed by atoms with van der Waals surface area (Å²) in [6, 6.07) is 2.02. The summed E-state index contributed by atoms with van der Waals surface area (Å²) >= 11 is 9.71. The van der Waals surface area contributed by atoms with Crippen LogP contribution in [0, 0.1) is 0 Å². The SMILES string of the molecule is CC(C)(C)[Si](C)(C)OCCCn1ccc2c(Cl)ncc(Br)c21. The van der Waals surface area contributed by atoms with Crippen LogP contribution in [0.25, 0.3) is 10.9 Å². The summed E-state index contributed by atoms with van der Waals surface area (Å²) in [6.45, 7) is 13.1. The van der Waals surface area contributed by atoms with Crippen LogP contribution in [0.15, 0.2) is 22.9 Å². The lowest BCUT2D eigenvalue weighted by molar-refractivity contribution is 0.275. The molecule has 0 spiro atoms. The van der Waals surface area contributed by atoms with Crippen molar-refractivity contribution in [2.45, 2.75) is 51.9 Å². The van der Waals surface area contributed by atoms with Crippen molar-refractivity contribution >= 4 is 46.8 Å². The lowest BCUT2D eigenvalue weighted by Crippen LogP contribution is -2.41. The third kappa shape index (κ3) is 3.75. The van der Waals surface area contributed by atoms with Gasteiger partial charge in [-0.1, -0.05) is 32.4 Å². The summed E-state index contributed by atoms with van der Waals surface area (Å²) in [5.41, 5.74) is 1.10. The third-order valence-corrected chi connectivity index (χ3v) is 9.94. The van der Waals surface area contributed by atoms with Gasteiger partial charge in [-0.2, -0.15) is 0 Å². The quantitative estimate of drug-likeness (QED) is 0.355. The van der Waals surface area contributed by atoms with Crippen LogP contribution < -0.4 is 0 Å². The van der Waals surface area contributed by atoms with Gasteiger partial charge in [0.1, 0.15) is 5.15 Å². The van der Waals surface area contributed by atoms with Crippen LogP contribution in [-0.2, 0) is 11.0 Å². The van der Waals surface area contributed by atoms with Crippen molar-refractivity contribution in [3.8, 4) is 0 Å². The summed E-state index contributed by atoms with van der Waals surface area (Å²) in [5.74, 6) is 0. The van der Waals surface area contributed by atoms with Crippen molar-refractivity contribution < 1.29 is 4.43 Å². The number of rotatable bonds is 5. The molecular weight excluding hydrogens is 380 g/mol. The van der Waals surface area contributed by atoms with E-state index in [9.17, 15) is 0 Å². The Hall–Kier alpha value is -0.363. The zero-order chi connectivity index (χ0) is 16.5. The van der Waals surface area contributed by atoms with E-state index in [0.717, 1.165) is 34.9 Å². The van der Waals surface area contributed by atoms with Crippen LogP contribution in [0.3, 0.4) is 0 Å². The highest BCUT2D eigenvalue weighted by atomic mass is 79.9. The van der Waals surface area contributed by atoms with E-state index < -0.39 is 8.32 Å². The zero-order valence-corrected chi connectivity index (χ0v) is 17.3. The monoisotopic (exact) mass is 402 g/mol. The summed E-state index contributed by atoms with van der Waals surface area (Å²) < 4.78 is 9.42. The van der Waals surface area contributed by atoms with Crippen molar-refractivity contribution in [3.63, 3.8) is 0 Å². The minimum Gasteiger partial charge on any atom is -0.417 e. The van der Waals surface area contributed by atoms with Crippen molar-refractivity contribution in [2.24, 2.45) is 0 Å². The van der Waals surface area contributed by atoms with Crippen LogP contribution in [0.4, 0.5) is 0 Å². The van der Waals surface area contributed by atoms with Crippen molar-refractivity contribution in [1.82, 2.24) is 9.55 Å². The van der Waals surface area contributed by atoms with Crippen molar-refractivity contribution in [3.05, 3.63) is 28.1 Å². The van der Waals surface area contributed by atoms with Gasteiger partial charge in [0.05, 0.1) is 9.99 Å². The molecule has 0 radical (unpaired) electrons. The van der Waals surface area contributed by atoms with Crippen LogP contribution in [0.1, 0.15) is 27.2 Å². The highest BCUT2D eigenvalue weighted by molar-refractivity contribution is 9.10. The first-order valence-corrected chi connectivity index (χ1v) is 11.6. The Bertz CT molecular complexity index is 664. The second kappa shape index (κ2) is 6.63. The van der Waals surface area contributed by atoms with Gasteiger partial charge >= 0.3 is 0 Å². The fraction of sp³-hybridized carbons (Fsp3) is 0.562. The molecule has 0 atom stereocenters. The summed E-state index contributed by atoms with van der Waals surface area (Å²) in [6.07, 6.45) is 4.81. The van der Waals surface area contributed by atoms with E-state index in [1.807, 2.05) is 6.07 Å². The Morgan fingerprint density at radius 3 is 2.68 bits per heavy atom. The maximum absolute atomic E-state index is 6.23. The molecule has 0 aliphatic heterocycles. The normalized spacial score (nSPS) is 13.0. The number of nitrogens with zero attached hydrogens (tertiary/aromatic N) is 2. The second-order valence-electron chi connectivity index (χ2n) is 7.13. The molecule has 0 saturated carbocycles. The van der Waals surface area contributed by atoms with Crippen molar-refractivity contribution in [2.75, 3.05) is 6.61 Å². The van der Waals surface area contributed by atoms with Gasteiger partial charge < -0.3 is 8.99 Å². The average Bonchev–Trinajstić information content (AvgIpc) is 2.83. The maximum Gasteiger partial charge on any atom is 0.191 e. The van der Waals surface area contributed by atoms with Crippen LogP contribution in [0.2, 0.25) is 23.3 Å². The summed E-state index contributed by atoms with van der Waals surface area (Å²) in [4.78, 5) is 4.16. The molecule has 2 aromatic heterocycles. The molecule has 2 rings (SSSR count). The van der Waals surface area contributed by atoms with Gasteiger partial charge in [0, 0.05) is 30.9 Å². The predicted octanol–water partition coefficient (Wildman–Crippen LogP) is 5.86. The van der Waals surface area contributed by atoms with Crippen LogP contribution in [0.5, 0.6) is 0 Å². The first-order chi connectivity index (χ1) is 10.1. The van der Waals surface area contributed by atoms with Gasteiger partial charge in [0.25, 0.3) is 0 Å². The molecule has 0 N–H and O–H groups in total. The van der Waals surface area contributed by atoms with E-state index in [1.165, 1.54) is 0 Å². The number of hydrogen-bond acceptors (Lipinski definition) is 2. The first-order valence-electron chi connectivity index (χ1n) is 7.56. The Labute approximate surface area is 147 Å². The molecule has 0 unspecified atom stereocenters. The molecular formula is C16H24BrClN2OSi. The van der Waals surface area contributed by atoms with E-state index in [0.29, 0.717) is 5.15 Å². The number of halogens is 2. The number of aryl methyl sites for hydroxylation is 1. The van der Waals surface area contributed by atoms with E-state index in [-0.39, 0.29) is 5.04 Å². The van der Waals surface area contributed by atoms with Crippen LogP contribution >= 0.6 is 27.5 Å². The van der Waals surface area contributed by atoms with Crippen molar-refractivity contribution in [1.29, 1.82) is 0 Å². The highest BCUT2D eigenvalue weighted by Gasteiger charge is 2.36. The molecule has 3 nitrogen and oxygen atoms in total. The van der Waals surface area contributed by atoms with E-state index >= 15 is 0 Å². The molecule has 122 valence electrons. The van der Waals surface area contributed by atoms with Gasteiger partial charge in [-0.3, -0.25) is 0 Å². The lowest BCUT2D eigenvalue weighted by atomic mass is 10.2. The Morgan fingerprint density at radius 1 is 1.36 bits per heavy atom. The molecule has 0 aliphatic rings. The van der Waals surface area contributed by atoms with Gasteiger partial charge in [-0.05, 0) is 46.5 Å². The first kappa shape index (κ1) is 18.0. The number of hydrogen-bond donors (Lipinski definition) is 0. The number of pyridine rings is 1. The molecule has 0 saturated heterocycles. The molecule has 6 heteroatoms. The smallest absolute Gasteiger partial charge is 0.191 e. The predicted molar refractivity (Wildman–Crippen MR) is 100 cm³/mol. The second-order valence-corrected chi connectivity index (χ2v) is 13.2. The number of aromatic nitrogens is 2. The highest BCUT2D eigenvalue weighted by Crippen LogP contribution is 2.36. The minimum absolute atomic E-state index is 0.259. The molecule has 2 heterocycles. The largest absolute Gasteiger partial charge is 0.417 e. The van der Waals surface area contributed by atoms with Crippen LogP contribution in [-0.4, -0.2) is 24.5 Å². The average molecular weight is 404 g/mol. The van der Waals surface area contributed by atoms with Gasteiger partial charge in [0.15, 0.2) is 8.32 Å². The topological polar surface area (TPSA) is 27.1 Å². The fourth-order valence-electron chi connectivity index (χ4n) is 2.11. The zero-order valence-electron chi connectivity index (χ0n) is 13.9. The molecule has 0 fully saturated rings. The molecule has 0 aliphatic carbocycles. The Morgan fingerprint density at radius 2 is 2.05 bits per heavy atom. The Balaban J connectivity index is 2.01. The molecule has 22 heavy (non-hydrogen) atoms. The summed E-state index contributed by atoms with van der Waals surface area (Å²) in [5, 5.41) is 1.80. The van der Waals surface area contributed by atoms with Gasteiger partial charge in [-0.25, -0.2) is 4.98 Å². The van der Waals surface area contributed by atoms with E-state index in [2.05, 4.69) is 65.5 Å². The maximum atomic E-state index is 6.23. The fourth-order valence-corrected chi connectivity index (χ4v) is 3.95.